The van der Waals surface area contributed by atoms with E-state index in [0.717, 1.165) is 42.3 Å². The van der Waals surface area contributed by atoms with Gasteiger partial charge in [-0.3, -0.25) is 4.79 Å². The lowest BCUT2D eigenvalue weighted by Gasteiger charge is -2.60. The van der Waals surface area contributed by atoms with Gasteiger partial charge < -0.3 is 5.32 Å². The van der Waals surface area contributed by atoms with Crippen LogP contribution in [-0.4, -0.2) is 20.7 Å². The van der Waals surface area contributed by atoms with Crippen molar-refractivity contribution < 1.29 is 4.79 Å². The molecule has 5 nitrogen and oxygen atoms in total. The van der Waals surface area contributed by atoms with Crippen LogP contribution in [0, 0.1) is 17.3 Å². The van der Waals surface area contributed by atoms with Crippen molar-refractivity contribution in [3.05, 3.63) is 41.4 Å². The molecule has 1 heterocycles. The van der Waals surface area contributed by atoms with E-state index in [4.69, 9.17) is 0 Å². The van der Waals surface area contributed by atoms with E-state index in [1.165, 1.54) is 6.42 Å². The fourth-order valence-corrected chi connectivity index (χ4v) is 6.26. The Morgan fingerprint density at radius 1 is 1.16 bits per heavy atom. The molecular weight excluding hydrogens is 380 g/mol. The molecule has 6 rings (SSSR count). The Labute approximate surface area is 155 Å². The third kappa shape index (κ3) is 2.45. The van der Waals surface area contributed by atoms with Gasteiger partial charge in [0.1, 0.15) is 12.7 Å². The summed E-state index contributed by atoms with van der Waals surface area (Å²) in [6.45, 7) is 0. The molecule has 4 bridgehead atoms. The van der Waals surface area contributed by atoms with E-state index in [1.807, 2.05) is 35.3 Å². The van der Waals surface area contributed by atoms with Crippen molar-refractivity contribution in [3.63, 3.8) is 0 Å². The smallest absolute Gasteiger partial charge is 0.230 e. The molecule has 4 aliphatic rings. The summed E-state index contributed by atoms with van der Waals surface area (Å²) >= 11 is 3.44. The summed E-state index contributed by atoms with van der Waals surface area (Å²) in [6, 6.07) is 7.84. The highest BCUT2D eigenvalue weighted by Crippen LogP contribution is 2.64. The van der Waals surface area contributed by atoms with Crippen LogP contribution in [0.2, 0.25) is 0 Å². The summed E-state index contributed by atoms with van der Waals surface area (Å²) in [5, 5.41) is 7.64. The second-order valence-corrected chi connectivity index (χ2v) is 9.18. The van der Waals surface area contributed by atoms with E-state index in [9.17, 15) is 4.79 Å². The molecule has 0 saturated heterocycles. The fraction of sp³-hybridized carbons (Fsp3) is 0.526. The molecule has 0 radical (unpaired) electrons. The van der Waals surface area contributed by atoms with Gasteiger partial charge in [0.25, 0.3) is 0 Å². The van der Waals surface area contributed by atoms with E-state index >= 15 is 0 Å². The molecule has 0 aliphatic heterocycles. The van der Waals surface area contributed by atoms with Crippen LogP contribution in [0.25, 0.3) is 0 Å². The number of anilines is 1. The van der Waals surface area contributed by atoms with Crippen LogP contribution in [0.5, 0.6) is 0 Å². The van der Waals surface area contributed by atoms with Gasteiger partial charge in [-0.15, -0.1) is 0 Å². The minimum absolute atomic E-state index is 0.0162. The van der Waals surface area contributed by atoms with Crippen LogP contribution >= 0.6 is 15.9 Å². The number of rotatable bonds is 3. The predicted octanol–water partition coefficient (Wildman–Crippen LogP) is 3.97. The monoisotopic (exact) mass is 400 g/mol. The van der Waals surface area contributed by atoms with Crippen LogP contribution in [0.1, 0.15) is 38.5 Å². The van der Waals surface area contributed by atoms with E-state index in [2.05, 4.69) is 31.3 Å². The number of carbonyl (C=O) groups excluding carboxylic acids is 1. The van der Waals surface area contributed by atoms with Crippen LogP contribution in [0.4, 0.5) is 5.69 Å². The highest BCUT2D eigenvalue weighted by molar-refractivity contribution is 9.10. The number of aromatic nitrogens is 3. The van der Waals surface area contributed by atoms with E-state index in [-0.39, 0.29) is 16.9 Å². The maximum absolute atomic E-state index is 13.3. The van der Waals surface area contributed by atoms with E-state index in [1.54, 1.807) is 6.33 Å². The van der Waals surface area contributed by atoms with Crippen LogP contribution < -0.4 is 5.32 Å². The largest absolute Gasteiger partial charge is 0.326 e. The highest BCUT2D eigenvalue weighted by atomic mass is 79.9. The first-order valence-corrected chi connectivity index (χ1v) is 9.78. The highest BCUT2D eigenvalue weighted by Gasteiger charge is 2.61. The summed E-state index contributed by atoms with van der Waals surface area (Å²) in [5.41, 5.74) is 0.597. The number of nitrogens with zero attached hydrogens (tertiary/aromatic N) is 3. The SMILES string of the molecule is O=C(Nc1ccc(Br)cc1)C12C[C@@H]3C[C@@H](C1)CC(n1cncn1)(C3)C2. The number of hydrogen-bond acceptors (Lipinski definition) is 3. The maximum atomic E-state index is 13.3. The maximum Gasteiger partial charge on any atom is 0.230 e. The van der Waals surface area contributed by atoms with Crippen molar-refractivity contribution in [2.75, 3.05) is 5.32 Å². The molecule has 25 heavy (non-hydrogen) atoms. The zero-order chi connectivity index (χ0) is 17.1. The lowest BCUT2D eigenvalue weighted by atomic mass is 9.46. The standard InChI is InChI=1S/C19H21BrN4O/c20-15-1-3-16(4-2-15)23-17(25)18-6-13-5-14(7-18)9-19(8-13,10-18)24-12-21-11-22-24/h1-4,11-14H,5-10H2,(H,23,25)/t13-,14-,18?,19?/m0/s1. The zero-order valence-electron chi connectivity index (χ0n) is 14.0. The van der Waals surface area contributed by atoms with Gasteiger partial charge in [0.05, 0.1) is 11.0 Å². The quantitative estimate of drug-likeness (QED) is 0.847. The number of nitrogens with one attached hydrogen (secondary N) is 1. The Kier molecular flexibility index (Phi) is 3.36. The molecule has 4 saturated carbocycles. The minimum atomic E-state index is -0.261. The molecule has 0 unspecified atom stereocenters. The molecule has 1 aromatic heterocycles. The van der Waals surface area contributed by atoms with E-state index < -0.39 is 0 Å². The predicted molar refractivity (Wildman–Crippen MR) is 97.9 cm³/mol. The molecule has 4 fully saturated rings. The fourth-order valence-electron chi connectivity index (χ4n) is 6.00. The summed E-state index contributed by atoms with van der Waals surface area (Å²) < 4.78 is 3.07. The Morgan fingerprint density at radius 3 is 2.52 bits per heavy atom. The number of hydrogen-bond donors (Lipinski definition) is 1. The number of halogens is 1. The second-order valence-electron chi connectivity index (χ2n) is 8.27. The third-order valence-corrected chi connectivity index (χ3v) is 7.05. The van der Waals surface area contributed by atoms with Gasteiger partial charge in [0, 0.05) is 10.2 Å². The number of amides is 1. The van der Waals surface area contributed by atoms with Crippen molar-refractivity contribution in [1.82, 2.24) is 14.8 Å². The van der Waals surface area contributed by atoms with Crippen molar-refractivity contribution in [1.29, 1.82) is 0 Å². The van der Waals surface area contributed by atoms with Crippen molar-refractivity contribution in [3.8, 4) is 0 Å². The number of carbonyl (C=O) groups is 1. The lowest BCUT2D eigenvalue weighted by molar-refractivity contribution is -0.150. The molecule has 0 spiro atoms. The van der Waals surface area contributed by atoms with Gasteiger partial charge in [-0.2, -0.15) is 5.10 Å². The molecule has 1 amide bonds. The van der Waals surface area contributed by atoms with Gasteiger partial charge >= 0.3 is 0 Å². The van der Waals surface area contributed by atoms with Gasteiger partial charge in [-0.05, 0) is 74.6 Å². The average molecular weight is 401 g/mol. The Bertz CT molecular complexity index is 787. The summed E-state index contributed by atoms with van der Waals surface area (Å²) in [6.07, 6.45) is 9.92. The first-order valence-electron chi connectivity index (χ1n) is 8.99. The molecular formula is C19H21BrN4O. The summed E-state index contributed by atoms with van der Waals surface area (Å²) in [4.78, 5) is 17.5. The normalized spacial score (nSPS) is 35.7. The topological polar surface area (TPSA) is 59.8 Å². The minimum Gasteiger partial charge on any atom is -0.326 e. The first kappa shape index (κ1) is 15.6. The van der Waals surface area contributed by atoms with Crippen molar-refractivity contribution >= 4 is 27.5 Å². The first-order chi connectivity index (χ1) is 12.1. The Balaban J connectivity index is 1.46. The molecule has 6 heteroatoms. The van der Waals surface area contributed by atoms with E-state index in [0.29, 0.717) is 11.8 Å². The molecule has 130 valence electrons. The zero-order valence-corrected chi connectivity index (χ0v) is 15.6. The average Bonchev–Trinajstić information content (AvgIpc) is 3.11. The molecule has 4 aliphatic carbocycles. The Hall–Kier alpha value is -1.69. The number of benzene rings is 1. The van der Waals surface area contributed by atoms with Crippen molar-refractivity contribution in [2.45, 2.75) is 44.1 Å². The van der Waals surface area contributed by atoms with Crippen LogP contribution in [-0.2, 0) is 10.3 Å². The van der Waals surface area contributed by atoms with Gasteiger partial charge in [0.15, 0.2) is 0 Å². The van der Waals surface area contributed by atoms with Gasteiger partial charge in [0.2, 0.25) is 5.91 Å². The lowest BCUT2D eigenvalue weighted by Crippen LogP contribution is -2.60. The van der Waals surface area contributed by atoms with Crippen molar-refractivity contribution in [2.24, 2.45) is 17.3 Å². The Morgan fingerprint density at radius 2 is 1.88 bits per heavy atom. The molecule has 1 N–H and O–H groups in total. The third-order valence-electron chi connectivity index (χ3n) is 6.52. The van der Waals surface area contributed by atoms with Crippen LogP contribution in [0.3, 0.4) is 0 Å². The molecule has 2 aromatic rings. The summed E-state index contributed by atoms with van der Waals surface area (Å²) in [7, 11) is 0. The second kappa shape index (κ2) is 5.40. The molecule has 1 aromatic carbocycles. The van der Waals surface area contributed by atoms with Gasteiger partial charge in [-0.25, -0.2) is 9.67 Å². The van der Waals surface area contributed by atoms with Gasteiger partial charge in [-0.1, -0.05) is 15.9 Å². The summed E-state index contributed by atoms with van der Waals surface area (Å²) in [5.74, 6) is 1.44. The van der Waals surface area contributed by atoms with Crippen LogP contribution in [0.15, 0.2) is 41.4 Å². The molecule has 2 atom stereocenters.